The minimum Gasteiger partial charge on any atom is -0.465 e. The monoisotopic (exact) mass is 294 g/mol. The van der Waals surface area contributed by atoms with E-state index in [0.717, 1.165) is 4.52 Å². The third-order valence-electron chi connectivity index (χ3n) is 3.22. The number of hydrogen-bond donors (Lipinski definition) is 1. The second kappa shape index (κ2) is 5.18. The van der Waals surface area contributed by atoms with Gasteiger partial charge in [-0.05, 0) is 0 Å². The topological polar surface area (TPSA) is 100 Å². The third kappa shape index (κ3) is 1.94. The first-order valence-electron chi connectivity index (χ1n) is 6.35. The minimum absolute atomic E-state index is 0.166. The Morgan fingerprint density at radius 3 is 2.73 bits per heavy atom. The molecule has 7 heteroatoms. The van der Waals surface area contributed by atoms with Crippen molar-refractivity contribution in [2.45, 2.75) is 0 Å². The maximum atomic E-state index is 12.5. The lowest BCUT2D eigenvalue weighted by atomic mass is 10.1. The molecular formula is C15H10N4O3. The molecule has 0 amide bonds. The average molecular weight is 294 g/mol. The van der Waals surface area contributed by atoms with Crippen molar-refractivity contribution in [2.75, 3.05) is 7.11 Å². The maximum absolute atomic E-state index is 12.5. The van der Waals surface area contributed by atoms with E-state index in [4.69, 9.17) is 10.00 Å². The van der Waals surface area contributed by atoms with Crippen molar-refractivity contribution in [2.24, 2.45) is 0 Å². The number of nitrogens with one attached hydrogen (secondary N) is 1. The summed E-state index contributed by atoms with van der Waals surface area (Å²) in [5, 5.41) is 11.7. The number of fused-ring (bicyclic) bond motifs is 1. The molecule has 3 aromatic rings. The summed E-state index contributed by atoms with van der Waals surface area (Å²) in [6.45, 7) is 0. The lowest BCUT2D eigenvalue weighted by molar-refractivity contribution is 0.0599. The van der Waals surface area contributed by atoms with Gasteiger partial charge in [0.1, 0.15) is 11.6 Å². The number of ether oxygens (including phenoxy) is 1. The second-order valence-electron chi connectivity index (χ2n) is 4.46. The Kier molecular flexibility index (Phi) is 3.20. The first-order chi connectivity index (χ1) is 10.7. The normalized spacial score (nSPS) is 10.4. The molecule has 22 heavy (non-hydrogen) atoms. The molecule has 108 valence electrons. The summed E-state index contributed by atoms with van der Waals surface area (Å²) >= 11 is 0. The Hall–Kier alpha value is -3.40. The minimum atomic E-state index is -0.779. The van der Waals surface area contributed by atoms with Crippen molar-refractivity contribution in [1.82, 2.24) is 14.6 Å². The van der Waals surface area contributed by atoms with Crippen LogP contribution >= 0.6 is 0 Å². The van der Waals surface area contributed by atoms with Crippen LogP contribution in [0.15, 0.2) is 41.3 Å². The molecule has 2 aromatic heterocycles. The highest BCUT2D eigenvalue weighted by Crippen LogP contribution is 2.21. The van der Waals surface area contributed by atoms with E-state index in [2.05, 4.69) is 10.1 Å². The van der Waals surface area contributed by atoms with Crippen LogP contribution in [0.5, 0.6) is 0 Å². The Balaban J connectivity index is 2.45. The van der Waals surface area contributed by atoms with Crippen molar-refractivity contribution in [3.63, 3.8) is 0 Å². The van der Waals surface area contributed by atoms with Gasteiger partial charge in [-0.2, -0.15) is 9.78 Å². The van der Waals surface area contributed by atoms with Crippen LogP contribution in [-0.2, 0) is 4.74 Å². The van der Waals surface area contributed by atoms with Gasteiger partial charge >= 0.3 is 5.97 Å². The smallest absolute Gasteiger partial charge is 0.345 e. The fourth-order valence-electron chi connectivity index (χ4n) is 2.19. The van der Waals surface area contributed by atoms with Crippen LogP contribution in [0.3, 0.4) is 0 Å². The Labute approximate surface area is 124 Å². The van der Waals surface area contributed by atoms with Crippen LogP contribution in [0.2, 0.25) is 0 Å². The Morgan fingerprint density at radius 2 is 2.09 bits per heavy atom. The first-order valence-corrected chi connectivity index (χ1v) is 6.35. The number of carbonyl (C=O) groups excluding carboxylic acids is 1. The van der Waals surface area contributed by atoms with Gasteiger partial charge in [0.2, 0.25) is 0 Å². The highest BCUT2D eigenvalue weighted by molar-refractivity contribution is 5.96. The van der Waals surface area contributed by atoms with E-state index >= 15 is 0 Å². The van der Waals surface area contributed by atoms with Crippen LogP contribution in [0, 0.1) is 11.3 Å². The summed E-state index contributed by atoms with van der Waals surface area (Å²) in [5.41, 5.74) is 0.362. The summed E-state index contributed by atoms with van der Waals surface area (Å²) < 4.78 is 5.74. The Bertz CT molecular complexity index is 964. The summed E-state index contributed by atoms with van der Waals surface area (Å²) in [6, 6.07) is 10.7. The van der Waals surface area contributed by atoms with E-state index in [1.165, 1.54) is 13.3 Å². The molecular weight excluding hydrogens is 284 g/mol. The number of esters is 1. The van der Waals surface area contributed by atoms with Crippen LogP contribution in [-0.4, -0.2) is 27.7 Å². The van der Waals surface area contributed by atoms with E-state index in [0.29, 0.717) is 5.56 Å². The van der Waals surface area contributed by atoms with Crippen molar-refractivity contribution >= 4 is 11.6 Å². The highest BCUT2D eigenvalue weighted by atomic mass is 16.5. The maximum Gasteiger partial charge on any atom is 0.345 e. The largest absolute Gasteiger partial charge is 0.465 e. The molecule has 7 nitrogen and oxygen atoms in total. The molecule has 0 aliphatic rings. The predicted molar refractivity (Wildman–Crippen MR) is 77.3 cm³/mol. The van der Waals surface area contributed by atoms with E-state index in [1.807, 2.05) is 12.1 Å². The third-order valence-corrected chi connectivity index (χ3v) is 3.22. The number of aromatic amines is 1. The van der Waals surface area contributed by atoms with Gasteiger partial charge < -0.3 is 4.74 Å². The number of H-pyrrole nitrogens is 1. The molecule has 0 unspecified atom stereocenters. The van der Waals surface area contributed by atoms with Gasteiger partial charge in [-0.1, -0.05) is 30.3 Å². The summed E-state index contributed by atoms with van der Waals surface area (Å²) in [5.74, 6) is -0.779. The molecule has 2 heterocycles. The second-order valence-corrected chi connectivity index (χ2v) is 4.46. The van der Waals surface area contributed by atoms with Gasteiger partial charge in [0.05, 0.1) is 12.8 Å². The van der Waals surface area contributed by atoms with Gasteiger partial charge in [0.25, 0.3) is 5.56 Å². The van der Waals surface area contributed by atoms with Crippen LogP contribution < -0.4 is 5.56 Å². The van der Waals surface area contributed by atoms with E-state index in [1.54, 1.807) is 24.3 Å². The zero-order valence-corrected chi connectivity index (χ0v) is 11.5. The van der Waals surface area contributed by atoms with E-state index in [-0.39, 0.29) is 22.5 Å². The number of carbonyl (C=O) groups is 1. The van der Waals surface area contributed by atoms with Gasteiger partial charge in [-0.15, -0.1) is 0 Å². The van der Waals surface area contributed by atoms with Crippen LogP contribution in [0.25, 0.3) is 16.9 Å². The lowest BCUT2D eigenvalue weighted by Gasteiger charge is -2.07. The molecule has 0 bridgehead atoms. The number of aromatic nitrogens is 3. The summed E-state index contributed by atoms with van der Waals surface area (Å²) in [7, 11) is 1.20. The van der Waals surface area contributed by atoms with Crippen molar-refractivity contribution < 1.29 is 9.53 Å². The van der Waals surface area contributed by atoms with Crippen molar-refractivity contribution in [3.05, 3.63) is 58.0 Å². The molecule has 3 rings (SSSR count). The fourth-order valence-corrected chi connectivity index (χ4v) is 2.19. The number of nitriles is 1. The highest BCUT2D eigenvalue weighted by Gasteiger charge is 2.23. The van der Waals surface area contributed by atoms with E-state index in [9.17, 15) is 9.59 Å². The number of rotatable bonds is 2. The van der Waals surface area contributed by atoms with Crippen LogP contribution in [0.4, 0.5) is 0 Å². The molecule has 1 N–H and O–H groups in total. The van der Waals surface area contributed by atoms with Gasteiger partial charge in [0.15, 0.2) is 11.2 Å². The quantitative estimate of drug-likeness (QED) is 0.719. The zero-order chi connectivity index (χ0) is 15.7. The van der Waals surface area contributed by atoms with E-state index < -0.39 is 11.5 Å². The van der Waals surface area contributed by atoms with Crippen molar-refractivity contribution in [1.29, 1.82) is 5.26 Å². The average Bonchev–Trinajstić information content (AvgIpc) is 2.98. The molecule has 0 saturated carbocycles. The van der Waals surface area contributed by atoms with Gasteiger partial charge in [-0.3, -0.25) is 9.89 Å². The SMILES string of the molecule is COC(=O)c1c(-c2ccccc2)nc2c(C#N)c[nH]n2c1=O. The predicted octanol–water partition coefficient (Wildman–Crippen LogP) is 1.35. The van der Waals surface area contributed by atoms with Gasteiger partial charge in [-0.25, -0.2) is 9.78 Å². The summed E-state index contributed by atoms with van der Waals surface area (Å²) in [6.07, 6.45) is 1.36. The molecule has 0 aliphatic heterocycles. The number of methoxy groups -OCH3 is 1. The number of benzene rings is 1. The number of nitrogens with zero attached hydrogens (tertiary/aromatic N) is 3. The number of hydrogen-bond acceptors (Lipinski definition) is 5. The zero-order valence-electron chi connectivity index (χ0n) is 11.5. The fraction of sp³-hybridized carbons (Fsp3) is 0.0667. The molecule has 1 aromatic carbocycles. The molecule has 0 saturated heterocycles. The first kappa shape index (κ1) is 13.6. The lowest BCUT2D eigenvalue weighted by Crippen LogP contribution is -2.25. The molecule has 0 spiro atoms. The van der Waals surface area contributed by atoms with Crippen LogP contribution in [0.1, 0.15) is 15.9 Å². The van der Waals surface area contributed by atoms with Gasteiger partial charge in [0, 0.05) is 11.8 Å². The summed E-state index contributed by atoms with van der Waals surface area (Å²) in [4.78, 5) is 28.8. The molecule has 0 atom stereocenters. The molecule has 0 radical (unpaired) electrons. The van der Waals surface area contributed by atoms with Crippen molar-refractivity contribution in [3.8, 4) is 17.3 Å². The molecule has 0 fully saturated rings. The standard InChI is InChI=1S/C15H10N4O3/c1-22-15(21)11-12(9-5-3-2-4-6-9)18-13-10(7-16)8-17-19(13)14(11)20/h2-6,8,17H,1H3. The Morgan fingerprint density at radius 1 is 1.36 bits per heavy atom. The molecule has 0 aliphatic carbocycles.